The van der Waals surface area contributed by atoms with E-state index >= 15 is 0 Å². The van der Waals surface area contributed by atoms with Crippen LogP contribution in [-0.2, 0) is 0 Å². The third kappa shape index (κ3) is 2.44. The van der Waals surface area contributed by atoms with Crippen LogP contribution in [0.25, 0.3) is 5.70 Å². The first-order chi connectivity index (χ1) is 11.8. The van der Waals surface area contributed by atoms with E-state index < -0.39 is 0 Å². The van der Waals surface area contributed by atoms with Crippen molar-refractivity contribution in [2.75, 3.05) is 12.4 Å². The van der Waals surface area contributed by atoms with Gasteiger partial charge in [0.05, 0.1) is 7.11 Å². The number of allylic oxidation sites excluding steroid dienone is 1. The first-order valence-electron chi connectivity index (χ1n) is 7.84. The number of rotatable bonds is 3. The van der Waals surface area contributed by atoms with Gasteiger partial charge in [-0.1, -0.05) is 36.4 Å². The van der Waals surface area contributed by atoms with Crippen LogP contribution in [-0.4, -0.2) is 21.9 Å². The van der Waals surface area contributed by atoms with E-state index in [0.717, 1.165) is 23.0 Å². The second kappa shape index (κ2) is 5.85. The lowest BCUT2D eigenvalue weighted by Crippen LogP contribution is -2.20. The molecule has 2 aromatic carbocycles. The summed E-state index contributed by atoms with van der Waals surface area (Å²) in [5.74, 6) is 1.57. The van der Waals surface area contributed by atoms with Crippen LogP contribution in [0.5, 0.6) is 5.75 Å². The van der Waals surface area contributed by atoms with Gasteiger partial charge in [0.15, 0.2) is 0 Å². The van der Waals surface area contributed by atoms with E-state index in [1.807, 2.05) is 22.9 Å². The van der Waals surface area contributed by atoms with Crippen molar-refractivity contribution in [2.24, 2.45) is 0 Å². The fraction of sp³-hybridized carbons (Fsp3) is 0.158. The molecule has 0 aliphatic carbocycles. The monoisotopic (exact) mass is 318 g/mol. The highest BCUT2D eigenvalue weighted by Crippen LogP contribution is 2.33. The van der Waals surface area contributed by atoms with Gasteiger partial charge in [0, 0.05) is 11.3 Å². The summed E-state index contributed by atoms with van der Waals surface area (Å²) in [5.41, 5.74) is 4.50. The molecule has 2 heterocycles. The molecular formula is C19H18N4O. The lowest BCUT2D eigenvalue weighted by molar-refractivity contribution is 0.414. The highest BCUT2D eigenvalue weighted by atomic mass is 16.5. The number of nitrogens with one attached hydrogen (secondary N) is 1. The predicted octanol–water partition coefficient (Wildman–Crippen LogP) is 3.65. The second-order valence-corrected chi connectivity index (χ2v) is 5.77. The Morgan fingerprint density at radius 3 is 2.83 bits per heavy atom. The van der Waals surface area contributed by atoms with Crippen molar-refractivity contribution in [3.8, 4) is 5.75 Å². The molecule has 0 radical (unpaired) electrons. The van der Waals surface area contributed by atoms with Crippen LogP contribution in [0.4, 0.5) is 5.95 Å². The van der Waals surface area contributed by atoms with Crippen molar-refractivity contribution in [3.05, 3.63) is 77.6 Å². The van der Waals surface area contributed by atoms with E-state index in [9.17, 15) is 0 Å². The summed E-state index contributed by atoms with van der Waals surface area (Å²) in [6.45, 7) is 2.12. The lowest BCUT2D eigenvalue weighted by atomic mass is 9.98. The Morgan fingerprint density at radius 1 is 1.12 bits per heavy atom. The van der Waals surface area contributed by atoms with Gasteiger partial charge in [0.1, 0.15) is 18.1 Å². The Kier molecular flexibility index (Phi) is 3.54. The molecule has 4 rings (SSSR count). The number of aryl methyl sites for hydroxylation is 1. The minimum atomic E-state index is 0.00570. The summed E-state index contributed by atoms with van der Waals surface area (Å²) in [6.07, 6.45) is 3.76. The SMILES string of the molecule is COc1cccc(C2=C[C@@H](c3ccccc3C)n3ncnc3N2)c1. The summed E-state index contributed by atoms with van der Waals surface area (Å²) < 4.78 is 7.25. The molecule has 0 fully saturated rings. The Labute approximate surface area is 140 Å². The number of nitrogens with zero attached hydrogens (tertiary/aromatic N) is 3. The van der Waals surface area contributed by atoms with Crippen molar-refractivity contribution in [3.63, 3.8) is 0 Å². The number of hydrogen-bond donors (Lipinski definition) is 1. The topological polar surface area (TPSA) is 52.0 Å². The third-order valence-corrected chi connectivity index (χ3v) is 4.30. The van der Waals surface area contributed by atoms with Crippen LogP contribution in [0.3, 0.4) is 0 Å². The molecule has 0 saturated heterocycles. The Bertz CT molecular complexity index is 913. The first-order valence-corrected chi connectivity index (χ1v) is 7.84. The number of anilines is 1. The smallest absolute Gasteiger partial charge is 0.226 e. The van der Waals surface area contributed by atoms with Gasteiger partial charge in [-0.25, -0.2) is 4.68 Å². The highest BCUT2D eigenvalue weighted by Gasteiger charge is 2.24. The van der Waals surface area contributed by atoms with Gasteiger partial charge in [-0.15, -0.1) is 0 Å². The first kappa shape index (κ1) is 14.5. The number of methoxy groups -OCH3 is 1. The number of fused-ring (bicyclic) bond motifs is 1. The standard InChI is InChI=1S/C19H18N4O/c1-13-6-3-4-9-16(13)18-11-17(22-19-20-12-21-23(18)19)14-7-5-8-15(10-14)24-2/h3-12,18H,1-2H3,(H,20,21,22)/t18-/m0/s1. The maximum absolute atomic E-state index is 5.34. The predicted molar refractivity (Wildman–Crippen MR) is 93.9 cm³/mol. The number of hydrogen-bond acceptors (Lipinski definition) is 4. The van der Waals surface area contributed by atoms with E-state index in [-0.39, 0.29) is 6.04 Å². The molecule has 0 spiro atoms. The second-order valence-electron chi connectivity index (χ2n) is 5.77. The van der Waals surface area contributed by atoms with E-state index in [2.05, 4.69) is 58.7 Å². The molecule has 0 amide bonds. The van der Waals surface area contributed by atoms with Crippen LogP contribution >= 0.6 is 0 Å². The molecule has 5 heteroatoms. The molecule has 3 aromatic rings. The average molecular weight is 318 g/mol. The molecule has 1 aliphatic heterocycles. The average Bonchev–Trinajstić information content (AvgIpc) is 3.10. The largest absolute Gasteiger partial charge is 0.497 e. The van der Waals surface area contributed by atoms with Crippen LogP contribution < -0.4 is 10.1 Å². The third-order valence-electron chi connectivity index (χ3n) is 4.30. The van der Waals surface area contributed by atoms with Crippen LogP contribution in [0.2, 0.25) is 0 Å². The minimum Gasteiger partial charge on any atom is -0.497 e. The molecule has 1 N–H and O–H groups in total. The number of benzene rings is 2. The summed E-state index contributed by atoms with van der Waals surface area (Å²) >= 11 is 0. The van der Waals surface area contributed by atoms with Gasteiger partial charge in [0.25, 0.3) is 0 Å². The zero-order valence-electron chi connectivity index (χ0n) is 13.6. The molecular weight excluding hydrogens is 300 g/mol. The van der Waals surface area contributed by atoms with Gasteiger partial charge in [-0.2, -0.15) is 10.1 Å². The van der Waals surface area contributed by atoms with Crippen molar-refractivity contribution in [1.82, 2.24) is 14.8 Å². The summed E-state index contributed by atoms with van der Waals surface area (Å²) in [4.78, 5) is 4.35. The van der Waals surface area contributed by atoms with Gasteiger partial charge in [0.2, 0.25) is 5.95 Å². The van der Waals surface area contributed by atoms with Crippen LogP contribution in [0.15, 0.2) is 60.9 Å². The molecule has 1 aliphatic rings. The molecule has 0 unspecified atom stereocenters. The molecule has 1 atom stereocenters. The lowest BCUT2D eigenvalue weighted by Gasteiger charge is -2.25. The maximum atomic E-state index is 5.34. The normalized spacial score (nSPS) is 16.1. The Morgan fingerprint density at radius 2 is 2.00 bits per heavy atom. The number of aromatic nitrogens is 3. The fourth-order valence-corrected chi connectivity index (χ4v) is 3.03. The van der Waals surface area contributed by atoms with Crippen molar-refractivity contribution in [1.29, 1.82) is 0 Å². The quantitative estimate of drug-likeness (QED) is 0.801. The molecule has 24 heavy (non-hydrogen) atoms. The molecule has 1 aromatic heterocycles. The van der Waals surface area contributed by atoms with Gasteiger partial charge >= 0.3 is 0 Å². The maximum Gasteiger partial charge on any atom is 0.226 e. The molecule has 120 valence electrons. The van der Waals surface area contributed by atoms with Crippen molar-refractivity contribution in [2.45, 2.75) is 13.0 Å². The fourth-order valence-electron chi connectivity index (χ4n) is 3.03. The summed E-state index contributed by atoms with van der Waals surface area (Å²) in [6, 6.07) is 16.4. The minimum absolute atomic E-state index is 0.00570. The van der Waals surface area contributed by atoms with Gasteiger partial charge < -0.3 is 10.1 Å². The zero-order valence-corrected chi connectivity index (χ0v) is 13.6. The van der Waals surface area contributed by atoms with E-state index in [1.165, 1.54) is 11.1 Å². The molecule has 5 nitrogen and oxygen atoms in total. The molecule has 0 bridgehead atoms. The zero-order chi connectivity index (χ0) is 16.5. The Balaban J connectivity index is 1.83. The number of ether oxygens (including phenoxy) is 1. The van der Waals surface area contributed by atoms with E-state index in [4.69, 9.17) is 4.74 Å². The highest BCUT2D eigenvalue weighted by molar-refractivity contribution is 5.77. The van der Waals surface area contributed by atoms with Crippen molar-refractivity contribution >= 4 is 11.6 Å². The molecule has 0 saturated carbocycles. The summed E-state index contributed by atoms with van der Waals surface area (Å²) in [7, 11) is 1.68. The summed E-state index contributed by atoms with van der Waals surface area (Å²) in [5, 5.41) is 7.75. The van der Waals surface area contributed by atoms with Gasteiger partial charge in [-0.05, 0) is 36.3 Å². The van der Waals surface area contributed by atoms with Gasteiger partial charge in [-0.3, -0.25) is 0 Å². The Hall–Kier alpha value is -3.08. The van der Waals surface area contributed by atoms with E-state index in [0.29, 0.717) is 0 Å². The van der Waals surface area contributed by atoms with Crippen LogP contribution in [0, 0.1) is 6.92 Å². The van der Waals surface area contributed by atoms with Crippen molar-refractivity contribution < 1.29 is 4.74 Å². The van der Waals surface area contributed by atoms with E-state index in [1.54, 1.807) is 13.4 Å². The van der Waals surface area contributed by atoms with Crippen LogP contribution in [0.1, 0.15) is 22.7 Å².